The Balaban J connectivity index is 4.79. The second-order valence-corrected chi connectivity index (χ2v) is 3.56. The highest BCUT2D eigenvalue weighted by Crippen LogP contribution is 2.17. The molecule has 76 valence electrons. The maximum absolute atomic E-state index is 11.5. The average Bonchev–Trinajstić information content (AvgIpc) is 2.02. The number of Topliss-reactive ketones (excluding diaryl/α,β-unsaturated/α-hetero) is 1. The number of carbonyl (C=O) groups is 2. The molecule has 0 fully saturated rings. The van der Waals surface area contributed by atoms with Gasteiger partial charge in [0.1, 0.15) is 0 Å². The molecule has 0 aliphatic heterocycles. The van der Waals surface area contributed by atoms with E-state index in [1.165, 1.54) is 0 Å². The van der Waals surface area contributed by atoms with Gasteiger partial charge in [0.2, 0.25) is 5.91 Å². The SMILES string of the molecule is CCCC(=O)[C@@](N)(C(N)=O)C(C)C. The molecule has 0 aliphatic carbocycles. The first kappa shape index (κ1) is 12.1. The fourth-order valence-corrected chi connectivity index (χ4v) is 1.18. The number of amides is 1. The van der Waals surface area contributed by atoms with Crippen molar-refractivity contribution in [3.8, 4) is 0 Å². The van der Waals surface area contributed by atoms with Crippen LogP contribution in [-0.4, -0.2) is 17.2 Å². The first-order chi connectivity index (χ1) is 5.87. The van der Waals surface area contributed by atoms with E-state index < -0.39 is 11.4 Å². The Labute approximate surface area is 78.7 Å². The predicted molar refractivity (Wildman–Crippen MR) is 50.9 cm³/mol. The lowest BCUT2D eigenvalue weighted by molar-refractivity contribution is -0.136. The van der Waals surface area contributed by atoms with Gasteiger partial charge in [-0.3, -0.25) is 9.59 Å². The first-order valence-corrected chi connectivity index (χ1v) is 4.49. The summed E-state index contributed by atoms with van der Waals surface area (Å²) >= 11 is 0. The van der Waals surface area contributed by atoms with Gasteiger partial charge in [-0.05, 0) is 12.3 Å². The summed E-state index contributed by atoms with van der Waals surface area (Å²) < 4.78 is 0. The van der Waals surface area contributed by atoms with E-state index >= 15 is 0 Å². The summed E-state index contributed by atoms with van der Waals surface area (Å²) in [6.07, 6.45) is 0.982. The standard InChI is InChI=1S/C9H18N2O2/c1-4-5-7(12)9(11,6(2)3)8(10)13/h6H,4-5,11H2,1-3H3,(H2,10,13)/t9-/m1/s1. The molecule has 0 radical (unpaired) electrons. The third-order valence-electron chi connectivity index (χ3n) is 2.26. The number of hydrogen-bond donors (Lipinski definition) is 2. The summed E-state index contributed by atoms with van der Waals surface area (Å²) in [5, 5.41) is 0. The van der Waals surface area contributed by atoms with Crippen molar-refractivity contribution in [2.24, 2.45) is 17.4 Å². The molecule has 0 bridgehead atoms. The smallest absolute Gasteiger partial charge is 0.245 e. The Kier molecular flexibility index (Phi) is 4.07. The summed E-state index contributed by atoms with van der Waals surface area (Å²) in [4.78, 5) is 22.6. The average molecular weight is 186 g/mol. The van der Waals surface area contributed by atoms with Gasteiger partial charge in [-0.1, -0.05) is 20.8 Å². The molecule has 0 aliphatic rings. The molecule has 13 heavy (non-hydrogen) atoms. The van der Waals surface area contributed by atoms with Crippen molar-refractivity contribution in [3.05, 3.63) is 0 Å². The maximum Gasteiger partial charge on any atom is 0.245 e. The molecule has 0 aromatic heterocycles. The van der Waals surface area contributed by atoms with Gasteiger partial charge in [0.05, 0.1) is 0 Å². The molecule has 0 unspecified atom stereocenters. The van der Waals surface area contributed by atoms with Crippen molar-refractivity contribution in [3.63, 3.8) is 0 Å². The van der Waals surface area contributed by atoms with Gasteiger partial charge in [0, 0.05) is 6.42 Å². The molecule has 0 aromatic rings. The van der Waals surface area contributed by atoms with Crippen LogP contribution in [0, 0.1) is 5.92 Å². The Morgan fingerprint density at radius 2 is 1.85 bits per heavy atom. The van der Waals surface area contributed by atoms with Crippen molar-refractivity contribution in [1.82, 2.24) is 0 Å². The highest BCUT2D eigenvalue weighted by molar-refractivity contribution is 6.10. The zero-order valence-corrected chi connectivity index (χ0v) is 8.46. The van der Waals surface area contributed by atoms with Crippen molar-refractivity contribution >= 4 is 11.7 Å². The number of hydrogen-bond acceptors (Lipinski definition) is 3. The highest BCUT2D eigenvalue weighted by Gasteiger charge is 2.42. The molecule has 4 heteroatoms. The van der Waals surface area contributed by atoms with E-state index in [-0.39, 0.29) is 11.7 Å². The number of rotatable bonds is 5. The van der Waals surface area contributed by atoms with Gasteiger partial charge in [0.25, 0.3) is 0 Å². The van der Waals surface area contributed by atoms with Crippen LogP contribution in [0.5, 0.6) is 0 Å². The Morgan fingerprint density at radius 3 is 2.08 bits per heavy atom. The minimum atomic E-state index is -1.49. The molecule has 0 aromatic carbocycles. The predicted octanol–water partition coefficient (Wildman–Crippen LogP) is 0.194. The Morgan fingerprint density at radius 1 is 1.38 bits per heavy atom. The summed E-state index contributed by atoms with van der Waals surface area (Å²) in [5.41, 5.74) is 9.32. The molecular weight excluding hydrogens is 168 g/mol. The summed E-state index contributed by atoms with van der Waals surface area (Å²) in [6, 6.07) is 0. The lowest BCUT2D eigenvalue weighted by Gasteiger charge is -2.28. The monoisotopic (exact) mass is 186 g/mol. The number of carbonyl (C=O) groups excluding carboxylic acids is 2. The van der Waals surface area contributed by atoms with Crippen molar-refractivity contribution in [1.29, 1.82) is 0 Å². The third kappa shape index (κ3) is 2.28. The summed E-state index contributed by atoms with van der Waals surface area (Å²) in [6.45, 7) is 5.30. The molecule has 0 spiro atoms. The van der Waals surface area contributed by atoms with Crippen molar-refractivity contribution < 1.29 is 9.59 Å². The number of nitrogens with two attached hydrogens (primary N) is 2. The van der Waals surface area contributed by atoms with Crippen LogP contribution in [0.15, 0.2) is 0 Å². The molecule has 4 N–H and O–H groups in total. The quantitative estimate of drug-likeness (QED) is 0.601. The van der Waals surface area contributed by atoms with Crippen LogP contribution in [0.4, 0.5) is 0 Å². The van der Waals surface area contributed by atoms with Crippen LogP contribution < -0.4 is 11.5 Å². The van der Waals surface area contributed by atoms with Crippen molar-refractivity contribution in [2.75, 3.05) is 0 Å². The number of ketones is 1. The zero-order valence-electron chi connectivity index (χ0n) is 8.46. The molecular formula is C9H18N2O2. The Hall–Kier alpha value is -0.900. The van der Waals surface area contributed by atoms with E-state index in [2.05, 4.69) is 0 Å². The maximum atomic E-state index is 11.5. The van der Waals surface area contributed by atoms with Gasteiger partial charge in [0.15, 0.2) is 11.3 Å². The minimum Gasteiger partial charge on any atom is -0.368 e. The van der Waals surface area contributed by atoms with Gasteiger partial charge in [-0.25, -0.2) is 0 Å². The zero-order chi connectivity index (χ0) is 10.6. The van der Waals surface area contributed by atoms with Crippen LogP contribution in [0.3, 0.4) is 0 Å². The van der Waals surface area contributed by atoms with Crippen LogP contribution in [0.2, 0.25) is 0 Å². The van der Waals surface area contributed by atoms with Crippen LogP contribution >= 0.6 is 0 Å². The second-order valence-electron chi connectivity index (χ2n) is 3.56. The largest absolute Gasteiger partial charge is 0.368 e. The van der Waals surface area contributed by atoms with Crippen LogP contribution in [0.25, 0.3) is 0 Å². The summed E-state index contributed by atoms with van der Waals surface area (Å²) in [5.74, 6) is -1.26. The normalized spacial score (nSPS) is 15.5. The lowest BCUT2D eigenvalue weighted by atomic mass is 9.81. The van der Waals surface area contributed by atoms with Gasteiger partial charge >= 0.3 is 0 Å². The van der Waals surface area contributed by atoms with Gasteiger partial charge < -0.3 is 11.5 Å². The van der Waals surface area contributed by atoms with Crippen molar-refractivity contribution in [2.45, 2.75) is 39.2 Å². The van der Waals surface area contributed by atoms with E-state index in [1.807, 2.05) is 6.92 Å². The van der Waals surface area contributed by atoms with Crippen LogP contribution in [-0.2, 0) is 9.59 Å². The van der Waals surface area contributed by atoms with E-state index in [4.69, 9.17) is 11.5 Å². The minimum absolute atomic E-state index is 0.260. The lowest BCUT2D eigenvalue weighted by Crippen LogP contribution is -2.61. The molecule has 4 nitrogen and oxygen atoms in total. The van der Waals surface area contributed by atoms with Crippen LogP contribution in [0.1, 0.15) is 33.6 Å². The second kappa shape index (κ2) is 4.37. The van der Waals surface area contributed by atoms with E-state index in [9.17, 15) is 9.59 Å². The molecule has 0 saturated carbocycles. The van der Waals surface area contributed by atoms with E-state index in [0.29, 0.717) is 12.8 Å². The third-order valence-corrected chi connectivity index (χ3v) is 2.26. The molecule has 0 heterocycles. The fourth-order valence-electron chi connectivity index (χ4n) is 1.18. The molecule has 0 rings (SSSR count). The fraction of sp³-hybridized carbons (Fsp3) is 0.778. The topological polar surface area (TPSA) is 86.2 Å². The van der Waals surface area contributed by atoms with Gasteiger partial charge in [-0.15, -0.1) is 0 Å². The molecule has 0 saturated heterocycles. The first-order valence-electron chi connectivity index (χ1n) is 4.49. The van der Waals surface area contributed by atoms with E-state index in [1.54, 1.807) is 13.8 Å². The number of primary amides is 1. The summed E-state index contributed by atoms with van der Waals surface area (Å²) in [7, 11) is 0. The Bertz CT molecular complexity index is 214. The molecule has 1 atom stereocenters. The molecule has 1 amide bonds. The van der Waals surface area contributed by atoms with E-state index in [0.717, 1.165) is 0 Å². The highest BCUT2D eigenvalue weighted by atomic mass is 16.2. The van der Waals surface area contributed by atoms with Gasteiger partial charge in [-0.2, -0.15) is 0 Å².